The number of carboxylic acid groups (broad SMARTS) is 1. The van der Waals surface area contributed by atoms with Crippen molar-refractivity contribution in [1.82, 2.24) is 19.7 Å². The van der Waals surface area contributed by atoms with Gasteiger partial charge in [-0.2, -0.15) is 5.10 Å². The first-order chi connectivity index (χ1) is 12.6. The number of hydrogen-bond donors (Lipinski definition) is 1. The van der Waals surface area contributed by atoms with Gasteiger partial charge >= 0.3 is 6.09 Å². The fraction of sp³-hybridized carbons (Fsp3) is 0.278. The molecule has 26 heavy (non-hydrogen) atoms. The molecule has 8 heteroatoms. The Hall–Kier alpha value is -2.61. The molecule has 0 saturated carbocycles. The summed E-state index contributed by atoms with van der Waals surface area (Å²) in [4.78, 5) is 16.8. The zero-order chi connectivity index (χ0) is 18.1. The summed E-state index contributed by atoms with van der Waals surface area (Å²) in [7, 11) is 0. The molecular weight excluding hydrogens is 400 g/mol. The summed E-state index contributed by atoms with van der Waals surface area (Å²) < 4.78 is 8.93. The van der Waals surface area contributed by atoms with Gasteiger partial charge in [-0.25, -0.2) is 14.5 Å². The topological polar surface area (TPSA) is 80.5 Å². The van der Waals surface area contributed by atoms with Crippen LogP contribution in [0.3, 0.4) is 0 Å². The van der Waals surface area contributed by atoms with Gasteiger partial charge in [0.15, 0.2) is 0 Å². The molecule has 1 amide bonds. The number of amides is 1. The standard InChI is InChI=1S/C18H17BrN4O3/c19-12-1-3-13(4-2-12)23-16-5-8-20-17(15(16)11-21-23)26-14-6-9-22(10-7-14)18(24)25/h1-5,8,11,14H,6-7,9-10H2,(H,24,25). The lowest BCUT2D eigenvalue weighted by Crippen LogP contribution is -2.41. The van der Waals surface area contributed by atoms with Gasteiger partial charge in [-0.3, -0.25) is 0 Å². The fourth-order valence-corrected chi connectivity index (χ4v) is 3.40. The second kappa shape index (κ2) is 6.95. The highest BCUT2D eigenvalue weighted by atomic mass is 79.9. The molecular formula is C18H17BrN4O3. The van der Waals surface area contributed by atoms with Gasteiger partial charge in [-0.05, 0) is 30.3 Å². The predicted octanol–water partition coefficient (Wildman–Crippen LogP) is 3.70. The lowest BCUT2D eigenvalue weighted by Gasteiger charge is -2.29. The number of fused-ring (bicyclic) bond motifs is 1. The van der Waals surface area contributed by atoms with Crippen molar-refractivity contribution < 1.29 is 14.6 Å². The fourth-order valence-electron chi connectivity index (χ4n) is 3.13. The van der Waals surface area contributed by atoms with Gasteiger partial charge in [0.1, 0.15) is 6.10 Å². The normalized spacial score (nSPS) is 15.3. The Bertz CT molecular complexity index is 933. The lowest BCUT2D eigenvalue weighted by atomic mass is 10.1. The summed E-state index contributed by atoms with van der Waals surface area (Å²) in [5.74, 6) is 0.541. The second-order valence-corrected chi connectivity index (χ2v) is 7.08. The van der Waals surface area contributed by atoms with E-state index in [1.54, 1.807) is 12.4 Å². The average molecular weight is 417 g/mol. The van der Waals surface area contributed by atoms with E-state index in [9.17, 15) is 4.79 Å². The molecule has 2 aromatic heterocycles. The molecule has 4 rings (SSSR count). The Balaban J connectivity index is 1.57. The van der Waals surface area contributed by atoms with Crippen LogP contribution < -0.4 is 4.74 Å². The first-order valence-electron chi connectivity index (χ1n) is 8.35. The molecule has 0 bridgehead atoms. The maximum Gasteiger partial charge on any atom is 0.407 e. The van der Waals surface area contributed by atoms with Crippen LogP contribution in [-0.2, 0) is 0 Å². The van der Waals surface area contributed by atoms with Gasteiger partial charge in [0.05, 0.1) is 22.8 Å². The van der Waals surface area contributed by atoms with Crippen LogP contribution in [0.25, 0.3) is 16.6 Å². The number of pyridine rings is 1. The molecule has 3 aromatic rings. The van der Waals surface area contributed by atoms with Gasteiger partial charge in [0, 0.05) is 36.6 Å². The number of ether oxygens (including phenoxy) is 1. The van der Waals surface area contributed by atoms with E-state index in [2.05, 4.69) is 26.0 Å². The molecule has 0 atom stereocenters. The highest BCUT2D eigenvalue weighted by Gasteiger charge is 2.24. The minimum Gasteiger partial charge on any atom is -0.474 e. The number of halogens is 1. The molecule has 1 aliphatic heterocycles. The van der Waals surface area contributed by atoms with Crippen LogP contribution in [0.1, 0.15) is 12.8 Å². The SMILES string of the molecule is O=C(O)N1CCC(Oc2nccc3c2cnn3-c2ccc(Br)cc2)CC1. The van der Waals surface area contributed by atoms with Gasteiger partial charge in [-0.15, -0.1) is 0 Å². The van der Waals surface area contributed by atoms with Crippen molar-refractivity contribution in [2.24, 2.45) is 0 Å². The van der Waals surface area contributed by atoms with Crippen molar-refractivity contribution in [2.75, 3.05) is 13.1 Å². The maximum atomic E-state index is 11.0. The zero-order valence-corrected chi connectivity index (χ0v) is 15.5. The van der Waals surface area contributed by atoms with Crippen LogP contribution in [0.15, 0.2) is 47.2 Å². The van der Waals surface area contributed by atoms with Crippen molar-refractivity contribution >= 4 is 32.9 Å². The van der Waals surface area contributed by atoms with Gasteiger partial charge in [-0.1, -0.05) is 15.9 Å². The number of likely N-dealkylation sites (tertiary alicyclic amines) is 1. The molecule has 1 saturated heterocycles. The molecule has 1 aromatic carbocycles. The largest absolute Gasteiger partial charge is 0.474 e. The van der Waals surface area contributed by atoms with E-state index < -0.39 is 6.09 Å². The average Bonchev–Trinajstić information content (AvgIpc) is 3.08. The highest BCUT2D eigenvalue weighted by molar-refractivity contribution is 9.10. The van der Waals surface area contributed by atoms with E-state index in [-0.39, 0.29) is 6.10 Å². The van der Waals surface area contributed by atoms with E-state index in [0.717, 1.165) is 21.1 Å². The molecule has 1 fully saturated rings. The summed E-state index contributed by atoms with van der Waals surface area (Å²) in [6.07, 6.45) is 3.86. The summed E-state index contributed by atoms with van der Waals surface area (Å²) in [6, 6.07) is 9.82. The third kappa shape index (κ3) is 3.24. The van der Waals surface area contributed by atoms with Gasteiger partial charge in [0.2, 0.25) is 5.88 Å². The smallest absolute Gasteiger partial charge is 0.407 e. The summed E-state index contributed by atoms with van der Waals surface area (Å²) in [5.41, 5.74) is 1.87. The third-order valence-electron chi connectivity index (χ3n) is 4.52. The molecule has 1 aliphatic rings. The molecule has 0 radical (unpaired) electrons. The number of aromatic nitrogens is 3. The number of rotatable bonds is 3. The Kier molecular flexibility index (Phi) is 4.50. The van der Waals surface area contributed by atoms with E-state index in [1.165, 1.54) is 4.90 Å². The Labute approximate surface area is 158 Å². The number of hydrogen-bond acceptors (Lipinski definition) is 4. The van der Waals surface area contributed by atoms with Crippen LogP contribution in [0.5, 0.6) is 5.88 Å². The van der Waals surface area contributed by atoms with Crippen molar-refractivity contribution in [3.63, 3.8) is 0 Å². The van der Waals surface area contributed by atoms with Crippen LogP contribution in [0.4, 0.5) is 4.79 Å². The van der Waals surface area contributed by atoms with Gasteiger partial charge < -0.3 is 14.7 Å². The van der Waals surface area contributed by atoms with E-state index in [4.69, 9.17) is 9.84 Å². The quantitative estimate of drug-likeness (QED) is 0.703. The van der Waals surface area contributed by atoms with Crippen molar-refractivity contribution in [2.45, 2.75) is 18.9 Å². The van der Waals surface area contributed by atoms with Crippen molar-refractivity contribution in [3.05, 3.63) is 47.2 Å². The molecule has 7 nitrogen and oxygen atoms in total. The Morgan fingerprint density at radius 3 is 2.62 bits per heavy atom. The minimum absolute atomic E-state index is 0.0419. The number of piperidine rings is 1. The third-order valence-corrected chi connectivity index (χ3v) is 5.05. The highest BCUT2D eigenvalue weighted by Crippen LogP contribution is 2.27. The Morgan fingerprint density at radius 1 is 1.19 bits per heavy atom. The van der Waals surface area contributed by atoms with Crippen LogP contribution in [-0.4, -0.2) is 50.1 Å². The second-order valence-electron chi connectivity index (χ2n) is 6.17. The number of carbonyl (C=O) groups is 1. The monoisotopic (exact) mass is 416 g/mol. The molecule has 0 aliphatic carbocycles. The van der Waals surface area contributed by atoms with Gasteiger partial charge in [0.25, 0.3) is 0 Å². The molecule has 3 heterocycles. The first-order valence-corrected chi connectivity index (χ1v) is 9.14. The van der Waals surface area contributed by atoms with E-state index in [0.29, 0.717) is 31.8 Å². The van der Waals surface area contributed by atoms with Crippen LogP contribution >= 0.6 is 15.9 Å². The Morgan fingerprint density at radius 2 is 1.92 bits per heavy atom. The summed E-state index contributed by atoms with van der Waals surface area (Å²) >= 11 is 3.44. The molecule has 134 valence electrons. The van der Waals surface area contributed by atoms with E-state index in [1.807, 2.05) is 35.0 Å². The van der Waals surface area contributed by atoms with E-state index >= 15 is 0 Å². The number of nitrogens with zero attached hydrogens (tertiary/aromatic N) is 4. The maximum absolute atomic E-state index is 11.0. The minimum atomic E-state index is -0.876. The first kappa shape index (κ1) is 16.8. The van der Waals surface area contributed by atoms with Crippen molar-refractivity contribution in [1.29, 1.82) is 0 Å². The van der Waals surface area contributed by atoms with Crippen LogP contribution in [0, 0.1) is 0 Å². The predicted molar refractivity (Wildman–Crippen MR) is 99.8 cm³/mol. The lowest BCUT2D eigenvalue weighted by molar-refractivity contribution is 0.0880. The van der Waals surface area contributed by atoms with Crippen LogP contribution in [0.2, 0.25) is 0 Å². The zero-order valence-electron chi connectivity index (χ0n) is 13.9. The molecule has 0 spiro atoms. The van der Waals surface area contributed by atoms with Crippen molar-refractivity contribution in [3.8, 4) is 11.6 Å². The molecule has 0 unspecified atom stereocenters. The summed E-state index contributed by atoms with van der Waals surface area (Å²) in [6.45, 7) is 0.961. The summed E-state index contributed by atoms with van der Waals surface area (Å²) in [5, 5.41) is 14.4. The molecule has 1 N–H and O–H groups in total. The number of benzene rings is 1.